The molecule has 108 valence electrons. The number of esters is 1. The van der Waals surface area contributed by atoms with Crippen molar-refractivity contribution in [2.75, 3.05) is 32.1 Å². The molecular weight excluding hydrogens is 267 g/mol. The van der Waals surface area contributed by atoms with E-state index in [1.165, 1.54) is 30.2 Å². The van der Waals surface area contributed by atoms with Crippen molar-refractivity contribution in [3.05, 3.63) is 30.1 Å². The average Bonchev–Trinajstić information content (AvgIpc) is 2.49. The number of nitrogens with zero attached hydrogens (tertiary/aromatic N) is 1. The fraction of sp³-hybridized carbons (Fsp3) is 0.385. The van der Waals surface area contributed by atoms with Gasteiger partial charge in [0.1, 0.15) is 5.82 Å². The summed E-state index contributed by atoms with van der Waals surface area (Å²) in [6.07, 6.45) is -0.805. The number of amides is 2. The van der Waals surface area contributed by atoms with E-state index in [1.807, 2.05) is 0 Å². The summed E-state index contributed by atoms with van der Waals surface area (Å²) in [5.74, 6) is -1.05. The van der Waals surface area contributed by atoms with Crippen molar-refractivity contribution in [1.29, 1.82) is 0 Å². The van der Waals surface area contributed by atoms with Gasteiger partial charge in [0.15, 0.2) is 6.10 Å². The Morgan fingerprint density at radius 2 is 2.20 bits per heavy atom. The Morgan fingerprint density at radius 3 is 2.90 bits per heavy atom. The molecule has 0 radical (unpaired) electrons. The number of methoxy groups -OCH3 is 1. The number of nitrogens with one attached hydrogen (secondary N) is 1. The predicted octanol–water partition coefficient (Wildman–Crippen LogP) is 1.23. The molecule has 1 heterocycles. The molecule has 1 aromatic carbocycles. The molecule has 1 aromatic rings. The zero-order valence-corrected chi connectivity index (χ0v) is 11.0. The quantitative estimate of drug-likeness (QED) is 0.828. The highest BCUT2D eigenvalue weighted by Crippen LogP contribution is 2.14. The lowest BCUT2D eigenvalue weighted by atomic mass is 10.2. The van der Waals surface area contributed by atoms with Crippen LogP contribution in [0.4, 0.5) is 14.9 Å². The molecule has 1 unspecified atom stereocenters. The fourth-order valence-corrected chi connectivity index (χ4v) is 1.86. The van der Waals surface area contributed by atoms with Crippen molar-refractivity contribution in [3.8, 4) is 0 Å². The third-order valence-electron chi connectivity index (χ3n) is 2.93. The molecule has 20 heavy (non-hydrogen) atoms. The number of hydrogen-bond acceptors (Lipinski definition) is 4. The second-order valence-corrected chi connectivity index (χ2v) is 4.24. The number of carbonyl (C=O) groups excluding carboxylic acids is 2. The van der Waals surface area contributed by atoms with Crippen molar-refractivity contribution in [2.45, 2.75) is 6.10 Å². The molecule has 1 saturated heterocycles. The maximum atomic E-state index is 13.4. The molecule has 1 atom stereocenters. The molecule has 1 aliphatic rings. The summed E-state index contributed by atoms with van der Waals surface area (Å²) < 4.78 is 23.2. The van der Waals surface area contributed by atoms with Crippen LogP contribution in [0.15, 0.2) is 24.3 Å². The topological polar surface area (TPSA) is 67.9 Å². The van der Waals surface area contributed by atoms with Gasteiger partial charge in [-0.2, -0.15) is 0 Å². The van der Waals surface area contributed by atoms with Gasteiger partial charge >= 0.3 is 12.0 Å². The normalized spacial score (nSPS) is 18.5. The van der Waals surface area contributed by atoms with E-state index in [0.717, 1.165) is 0 Å². The SMILES string of the molecule is COC(=O)C1CN(C(=O)Nc2ccccc2F)CCO1. The second kappa shape index (κ2) is 6.33. The van der Waals surface area contributed by atoms with Crippen LogP contribution in [0.1, 0.15) is 0 Å². The van der Waals surface area contributed by atoms with Gasteiger partial charge in [-0.15, -0.1) is 0 Å². The average molecular weight is 282 g/mol. The first-order valence-electron chi connectivity index (χ1n) is 6.11. The van der Waals surface area contributed by atoms with E-state index < -0.39 is 23.9 Å². The number of hydrogen-bond donors (Lipinski definition) is 1. The molecule has 0 spiro atoms. The maximum Gasteiger partial charge on any atom is 0.336 e. The summed E-state index contributed by atoms with van der Waals surface area (Å²) in [7, 11) is 1.25. The number of urea groups is 1. The van der Waals surface area contributed by atoms with E-state index in [-0.39, 0.29) is 18.8 Å². The van der Waals surface area contributed by atoms with E-state index in [0.29, 0.717) is 6.54 Å². The van der Waals surface area contributed by atoms with Crippen molar-refractivity contribution in [2.24, 2.45) is 0 Å². The highest BCUT2D eigenvalue weighted by molar-refractivity contribution is 5.90. The van der Waals surface area contributed by atoms with Crippen LogP contribution in [0.5, 0.6) is 0 Å². The molecule has 7 heteroatoms. The van der Waals surface area contributed by atoms with Crippen LogP contribution in [0.3, 0.4) is 0 Å². The van der Waals surface area contributed by atoms with Crippen LogP contribution < -0.4 is 5.32 Å². The summed E-state index contributed by atoms with van der Waals surface area (Å²) in [5.41, 5.74) is 0.0959. The monoisotopic (exact) mass is 282 g/mol. The Bertz CT molecular complexity index is 509. The van der Waals surface area contributed by atoms with Crippen LogP contribution in [-0.2, 0) is 14.3 Å². The lowest BCUT2D eigenvalue weighted by molar-refractivity contribution is -0.158. The molecule has 2 rings (SSSR count). The highest BCUT2D eigenvalue weighted by Gasteiger charge is 2.30. The molecule has 2 amide bonds. The van der Waals surface area contributed by atoms with Gasteiger partial charge in [-0.1, -0.05) is 12.1 Å². The number of halogens is 1. The maximum absolute atomic E-state index is 13.4. The smallest absolute Gasteiger partial charge is 0.336 e. The van der Waals surface area contributed by atoms with Gasteiger partial charge in [0.05, 0.1) is 25.9 Å². The van der Waals surface area contributed by atoms with Gasteiger partial charge in [-0.25, -0.2) is 14.0 Å². The Morgan fingerprint density at radius 1 is 1.45 bits per heavy atom. The molecule has 0 bridgehead atoms. The molecule has 0 saturated carbocycles. The van der Waals surface area contributed by atoms with Gasteiger partial charge in [0.25, 0.3) is 0 Å². The van der Waals surface area contributed by atoms with Crippen molar-refractivity contribution in [1.82, 2.24) is 4.90 Å². The Balaban J connectivity index is 1.99. The molecule has 6 nitrogen and oxygen atoms in total. The van der Waals surface area contributed by atoms with E-state index in [9.17, 15) is 14.0 Å². The molecule has 0 aliphatic carbocycles. The van der Waals surface area contributed by atoms with Crippen LogP contribution >= 0.6 is 0 Å². The second-order valence-electron chi connectivity index (χ2n) is 4.24. The van der Waals surface area contributed by atoms with Crippen molar-refractivity contribution in [3.63, 3.8) is 0 Å². The van der Waals surface area contributed by atoms with E-state index in [1.54, 1.807) is 6.07 Å². The van der Waals surface area contributed by atoms with E-state index in [2.05, 4.69) is 10.1 Å². The van der Waals surface area contributed by atoms with Crippen LogP contribution in [0, 0.1) is 5.82 Å². The predicted molar refractivity (Wildman–Crippen MR) is 68.7 cm³/mol. The number of ether oxygens (including phenoxy) is 2. The fourth-order valence-electron chi connectivity index (χ4n) is 1.86. The lowest BCUT2D eigenvalue weighted by Gasteiger charge is -2.31. The first-order chi connectivity index (χ1) is 9.61. The van der Waals surface area contributed by atoms with Gasteiger partial charge in [-0.3, -0.25) is 0 Å². The summed E-state index contributed by atoms with van der Waals surface area (Å²) >= 11 is 0. The van der Waals surface area contributed by atoms with Crippen molar-refractivity contribution < 1.29 is 23.5 Å². The minimum absolute atomic E-state index is 0.0763. The standard InChI is InChI=1S/C13H15FN2O4/c1-19-12(17)11-8-16(6-7-20-11)13(18)15-10-5-3-2-4-9(10)14/h2-5,11H,6-8H2,1H3,(H,15,18). The molecule has 0 aromatic heterocycles. The van der Waals surface area contributed by atoms with Gasteiger partial charge in [0, 0.05) is 6.54 Å². The van der Waals surface area contributed by atoms with Crippen LogP contribution in [-0.4, -0.2) is 49.8 Å². The Kier molecular flexibility index (Phi) is 4.52. The van der Waals surface area contributed by atoms with Gasteiger partial charge in [0.2, 0.25) is 0 Å². The number of anilines is 1. The minimum Gasteiger partial charge on any atom is -0.467 e. The van der Waals surface area contributed by atoms with E-state index in [4.69, 9.17) is 4.74 Å². The number of carbonyl (C=O) groups is 2. The highest BCUT2D eigenvalue weighted by atomic mass is 19.1. The Hall–Kier alpha value is -2.15. The van der Waals surface area contributed by atoms with E-state index >= 15 is 0 Å². The first-order valence-corrected chi connectivity index (χ1v) is 6.11. The first kappa shape index (κ1) is 14.3. The summed E-state index contributed by atoms with van der Waals surface area (Å²) in [4.78, 5) is 24.8. The Labute approximate surface area is 115 Å². The summed E-state index contributed by atoms with van der Waals surface area (Å²) in [6.45, 7) is 0.630. The number of para-hydroxylation sites is 1. The zero-order valence-electron chi connectivity index (χ0n) is 11.0. The van der Waals surface area contributed by atoms with Gasteiger partial charge < -0.3 is 19.7 Å². The molecule has 1 aliphatic heterocycles. The number of rotatable bonds is 2. The van der Waals surface area contributed by atoms with Crippen molar-refractivity contribution >= 4 is 17.7 Å². The molecule has 1 N–H and O–H groups in total. The minimum atomic E-state index is -0.805. The number of benzene rings is 1. The zero-order chi connectivity index (χ0) is 14.5. The van der Waals surface area contributed by atoms with Gasteiger partial charge in [-0.05, 0) is 12.1 Å². The third kappa shape index (κ3) is 3.24. The third-order valence-corrected chi connectivity index (χ3v) is 2.93. The molecule has 1 fully saturated rings. The van der Waals surface area contributed by atoms with Crippen LogP contribution in [0.25, 0.3) is 0 Å². The molecular formula is C13H15FN2O4. The summed E-state index contributed by atoms with van der Waals surface area (Å²) in [6, 6.07) is 5.40. The largest absolute Gasteiger partial charge is 0.467 e. The summed E-state index contributed by atoms with van der Waals surface area (Å²) in [5, 5.41) is 2.46. The number of morpholine rings is 1. The van der Waals surface area contributed by atoms with Crippen LogP contribution in [0.2, 0.25) is 0 Å². The lowest BCUT2D eigenvalue weighted by Crippen LogP contribution is -2.50.